The molecular weight excluding hydrogens is 208 g/mol. The molecular formula is C9H11F2NO3. The van der Waals surface area contributed by atoms with Gasteiger partial charge in [0.15, 0.2) is 0 Å². The number of hydrogen-bond donors (Lipinski definition) is 1. The van der Waals surface area contributed by atoms with Gasteiger partial charge in [-0.2, -0.15) is 0 Å². The lowest BCUT2D eigenvalue weighted by Crippen LogP contribution is -2.48. The largest absolute Gasteiger partial charge is 0.465 e. The minimum Gasteiger partial charge on any atom is -0.465 e. The Morgan fingerprint density at radius 1 is 1.47 bits per heavy atom. The van der Waals surface area contributed by atoms with E-state index in [2.05, 4.69) is 0 Å². The monoisotopic (exact) mass is 219 g/mol. The molecule has 84 valence electrons. The highest BCUT2D eigenvalue weighted by molar-refractivity contribution is 5.74. The SMILES string of the molecule is O=CC1[C@H]2CC(C[C@@H]2C(F)F)N1C(=O)O. The second kappa shape index (κ2) is 3.43. The molecule has 6 heteroatoms. The van der Waals surface area contributed by atoms with Crippen molar-refractivity contribution in [3.63, 3.8) is 0 Å². The number of rotatable bonds is 2. The van der Waals surface area contributed by atoms with Crippen molar-refractivity contribution in [1.29, 1.82) is 0 Å². The molecule has 2 rings (SSSR count). The summed E-state index contributed by atoms with van der Waals surface area (Å²) >= 11 is 0. The van der Waals surface area contributed by atoms with Gasteiger partial charge in [-0.15, -0.1) is 0 Å². The minimum absolute atomic E-state index is 0.180. The zero-order valence-corrected chi connectivity index (χ0v) is 7.85. The molecule has 1 N–H and O–H groups in total. The Morgan fingerprint density at radius 2 is 2.13 bits per heavy atom. The predicted molar refractivity (Wildman–Crippen MR) is 45.7 cm³/mol. The van der Waals surface area contributed by atoms with Crippen LogP contribution in [0.5, 0.6) is 0 Å². The summed E-state index contributed by atoms with van der Waals surface area (Å²) in [6.45, 7) is 0. The quantitative estimate of drug-likeness (QED) is 0.710. The third kappa shape index (κ3) is 1.39. The molecule has 0 aromatic carbocycles. The number of fused-ring (bicyclic) bond motifs is 2. The molecule has 2 aliphatic rings. The van der Waals surface area contributed by atoms with E-state index in [-0.39, 0.29) is 6.42 Å². The predicted octanol–water partition coefficient (Wildman–Crippen LogP) is 1.21. The normalized spacial score (nSPS) is 38.7. The van der Waals surface area contributed by atoms with Crippen LogP contribution in [0.4, 0.5) is 13.6 Å². The Bertz CT molecular complexity index is 297. The molecule has 1 saturated carbocycles. The smallest absolute Gasteiger partial charge is 0.408 e. The van der Waals surface area contributed by atoms with E-state index in [4.69, 9.17) is 5.11 Å². The first-order valence-electron chi connectivity index (χ1n) is 4.81. The van der Waals surface area contributed by atoms with Crippen LogP contribution in [0.1, 0.15) is 12.8 Å². The average molecular weight is 219 g/mol. The lowest BCUT2D eigenvalue weighted by atomic mass is 9.89. The first-order valence-corrected chi connectivity index (χ1v) is 4.81. The molecule has 1 saturated heterocycles. The van der Waals surface area contributed by atoms with Crippen LogP contribution in [0.15, 0.2) is 0 Å². The van der Waals surface area contributed by atoms with Crippen LogP contribution in [0.25, 0.3) is 0 Å². The van der Waals surface area contributed by atoms with E-state index >= 15 is 0 Å². The number of carboxylic acid groups (broad SMARTS) is 1. The van der Waals surface area contributed by atoms with Crippen molar-refractivity contribution in [3.8, 4) is 0 Å². The first-order chi connectivity index (χ1) is 7.06. The van der Waals surface area contributed by atoms with E-state index in [0.29, 0.717) is 12.7 Å². The topological polar surface area (TPSA) is 57.6 Å². The molecule has 1 aliphatic carbocycles. The summed E-state index contributed by atoms with van der Waals surface area (Å²) in [5.41, 5.74) is 0. The van der Waals surface area contributed by atoms with Gasteiger partial charge >= 0.3 is 6.09 Å². The Kier molecular flexibility index (Phi) is 2.36. The maximum absolute atomic E-state index is 12.6. The van der Waals surface area contributed by atoms with Crippen molar-refractivity contribution < 1.29 is 23.5 Å². The van der Waals surface area contributed by atoms with Crippen LogP contribution in [0.2, 0.25) is 0 Å². The minimum atomic E-state index is -2.46. The standard InChI is InChI=1S/C9H11F2NO3/c10-8(11)6-2-4-1-5(6)7(3-13)12(4)9(14)15/h3-8H,1-2H2,(H,14,15)/t4?,5-,6-,7?/m0/s1. The molecule has 4 atom stereocenters. The van der Waals surface area contributed by atoms with Crippen molar-refractivity contribution in [3.05, 3.63) is 0 Å². The van der Waals surface area contributed by atoms with Crippen molar-refractivity contribution in [1.82, 2.24) is 4.90 Å². The Labute approximate surface area is 84.9 Å². The van der Waals surface area contributed by atoms with Gasteiger partial charge in [0.1, 0.15) is 6.29 Å². The van der Waals surface area contributed by atoms with E-state index in [0.717, 1.165) is 4.90 Å². The number of hydrogen-bond acceptors (Lipinski definition) is 2. The summed E-state index contributed by atoms with van der Waals surface area (Å²) in [5, 5.41) is 8.84. The van der Waals surface area contributed by atoms with Gasteiger partial charge in [-0.3, -0.25) is 4.90 Å². The molecule has 15 heavy (non-hydrogen) atoms. The molecule has 4 nitrogen and oxygen atoms in total. The zero-order chi connectivity index (χ0) is 11.2. The molecule has 0 aromatic rings. The Balaban J connectivity index is 2.20. The Hall–Kier alpha value is -1.20. The molecule has 0 radical (unpaired) electrons. The lowest BCUT2D eigenvalue weighted by molar-refractivity contribution is -0.115. The second-order valence-electron chi connectivity index (χ2n) is 4.10. The zero-order valence-electron chi connectivity index (χ0n) is 7.85. The molecule has 1 amide bonds. The summed E-state index contributed by atoms with van der Waals surface area (Å²) in [6, 6.07) is -1.28. The fraction of sp³-hybridized carbons (Fsp3) is 0.778. The van der Waals surface area contributed by atoms with Crippen molar-refractivity contribution >= 4 is 12.4 Å². The molecule has 0 aromatic heterocycles. The molecule has 0 spiro atoms. The third-order valence-corrected chi connectivity index (χ3v) is 3.48. The van der Waals surface area contributed by atoms with Gasteiger partial charge < -0.3 is 9.90 Å². The number of aldehydes is 1. The van der Waals surface area contributed by atoms with Gasteiger partial charge in [-0.1, -0.05) is 0 Å². The number of piperidine rings is 1. The number of amides is 1. The third-order valence-electron chi connectivity index (χ3n) is 3.48. The molecule has 1 heterocycles. The van der Waals surface area contributed by atoms with E-state index in [1.54, 1.807) is 0 Å². The highest BCUT2D eigenvalue weighted by atomic mass is 19.3. The van der Waals surface area contributed by atoms with E-state index < -0.39 is 36.4 Å². The van der Waals surface area contributed by atoms with Gasteiger partial charge in [0.2, 0.25) is 6.43 Å². The Morgan fingerprint density at radius 3 is 2.60 bits per heavy atom. The van der Waals surface area contributed by atoms with Crippen molar-refractivity contribution in [2.45, 2.75) is 31.4 Å². The van der Waals surface area contributed by atoms with Crippen LogP contribution >= 0.6 is 0 Å². The summed E-state index contributed by atoms with van der Waals surface area (Å²) in [7, 11) is 0. The van der Waals surface area contributed by atoms with Crippen LogP contribution in [0, 0.1) is 11.8 Å². The fourth-order valence-corrected chi connectivity index (χ4v) is 2.88. The van der Waals surface area contributed by atoms with Crippen molar-refractivity contribution in [2.75, 3.05) is 0 Å². The van der Waals surface area contributed by atoms with Gasteiger partial charge in [0.05, 0.1) is 6.04 Å². The number of likely N-dealkylation sites (tertiary alicyclic amines) is 1. The summed E-state index contributed by atoms with van der Waals surface area (Å²) in [4.78, 5) is 22.6. The maximum Gasteiger partial charge on any atom is 0.408 e. The fourth-order valence-electron chi connectivity index (χ4n) is 2.88. The molecule has 2 fully saturated rings. The number of alkyl halides is 2. The van der Waals surface area contributed by atoms with Gasteiger partial charge in [0.25, 0.3) is 0 Å². The molecule has 2 unspecified atom stereocenters. The highest BCUT2D eigenvalue weighted by Crippen LogP contribution is 2.47. The summed E-state index contributed by atoms with van der Waals surface area (Å²) < 4.78 is 25.1. The summed E-state index contributed by atoms with van der Waals surface area (Å²) in [6.07, 6.45) is -2.59. The average Bonchev–Trinajstić information content (AvgIpc) is 2.72. The summed E-state index contributed by atoms with van der Waals surface area (Å²) in [5.74, 6) is -1.32. The number of halogens is 2. The van der Waals surface area contributed by atoms with Crippen LogP contribution in [-0.2, 0) is 4.79 Å². The highest BCUT2D eigenvalue weighted by Gasteiger charge is 2.55. The maximum atomic E-state index is 12.6. The second-order valence-corrected chi connectivity index (χ2v) is 4.10. The van der Waals surface area contributed by atoms with Crippen molar-refractivity contribution in [2.24, 2.45) is 11.8 Å². The van der Waals surface area contributed by atoms with Gasteiger partial charge in [0, 0.05) is 12.0 Å². The van der Waals surface area contributed by atoms with E-state index in [1.807, 2.05) is 0 Å². The van der Waals surface area contributed by atoms with Crippen LogP contribution in [0.3, 0.4) is 0 Å². The van der Waals surface area contributed by atoms with Crippen LogP contribution in [-0.4, -0.2) is 40.9 Å². The molecule has 2 bridgehead atoms. The van der Waals surface area contributed by atoms with E-state index in [1.165, 1.54) is 0 Å². The molecule has 1 aliphatic heterocycles. The van der Waals surface area contributed by atoms with Gasteiger partial charge in [-0.05, 0) is 18.8 Å². The lowest BCUT2D eigenvalue weighted by Gasteiger charge is -2.33. The first kappa shape index (κ1) is 10.3. The van der Waals surface area contributed by atoms with E-state index in [9.17, 15) is 18.4 Å². The number of carbonyl (C=O) groups excluding carboxylic acids is 1. The van der Waals surface area contributed by atoms with Gasteiger partial charge in [-0.25, -0.2) is 13.6 Å². The van der Waals surface area contributed by atoms with Crippen LogP contribution < -0.4 is 0 Å². The number of nitrogens with zero attached hydrogens (tertiary/aromatic N) is 1. The number of carbonyl (C=O) groups is 2.